The molecule has 4 amide bonds. The van der Waals surface area contributed by atoms with Gasteiger partial charge in [0.1, 0.15) is 12.3 Å². The molecular formula is C14H18N4O4. The van der Waals surface area contributed by atoms with Crippen LogP contribution in [0.4, 0.5) is 10.5 Å². The number of carbonyl (C=O) groups is 3. The molecule has 0 aliphatic carbocycles. The molecular weight excluding hydrogens is 288 g/mol. The van der Waals surface area contributed by atoms with Gasteiger partial charge in [-0.15, -0.1) is 0 Å². The van der Waals surface area contributed by atoms with Crippen LogP contribution in [0.5, 0.6) is 5.75 Å². The molecule has 1 heterocycles. The monoisotopic (exact) mass is 306 g/mol. The maximum absolute atomic E-state index is 12.3. The number of primary amides is 1. The lowest BCUT2D eigenvalue weighted by molar-refractivity contribution is -0.125. The van der Waals surface area contributed by atoms with E-state index in [0.29, 0.717) is 18.8 Å². The van der Waals surface area contributed by atoms with Crippen LogP contribution in [0.25, 0.3) is 0 Å². The summed E-state index contributed by atoms with van der Waals surface area (Å²) in [6.07, 6.45) is 0. The Kier molecular flexibility index (Phi) is 4.82. The number of anilines is 1. The number of methoxy groups -OCH3 is 1. The topological polar surface area (TPSA) is 105 Å². The Labute approximate surface area is 127 Å². The number of urea groups is 1. The predicted molar refractivity (Wildman–Crippen MR) is 79.5 cm³/mol. The fourth-order valence-electron chi connectivity index (χ4n) is 2.15. The number of carbonyl (C=O) groups excluding carboxylic acids is 3. The van der Waals surface area contributed by atoms with Crippen LogP contribution in [-0.2, 0) is 9.59 Å². The van der Waals surface area contributed by atoms with Crippen LogP contribution in [-0.4, -0.2) is 56.0 Å². The van der Waals surface area contributed by atoms with E-state index in [-0.39, 0.29) is 19.1 Å². The molecule has 3 N–H and O–H groups in total. The molecule has 0 spiro atoms. The molecule has 0 saturated carbocycles. The summed E-state index contributed by atoms with van der Waals surface area (Å²) in [5.74, 6) is -0.331. The standard InChI is InChI=1S/C14H18N4O4/c1-22-11-4-2-10(3-5-11)18-7-6-17(14(18)21)9-13(20)16-8-12(15)19/h2-5H,6-9H2,1H3,(H2,15,19)(H,16,20). The third kappa shape index (κ3) is 3.66. The van der Waals surface area contributed by atoms with E-state index in [1.807, 2.05) is 0 Å². The number of nitrogens with zero attached hydrogens (tertiary/aromatic N) is 2. The smallest absolute Gasteiger partial charge is 0.325 e. The highest BCUT2D eigenvalue weighted by atomic mass is 16.5. The number of hydrogen-bond acceptors (Lipinski definition) is 4. The average molecular weight is 306 g/mol. The molecule has 22 heavy (non-hydrogen) atoms. The van der Waals surface area contributed by atoms with E-state index in [1.54, 1.807) is 36.3 Å². The summed E-state index contributed by atoms with van der Waals surface area (Å²) < 4.78 is 5.07. The van der Waals surface area contributed by atoms with Crippen molar-refractivity contribution in [2.24, 2.45) is 5.73 Å². The summed E-state index contributed by atoms with van der Waals surface area (Å²) in [4.78, 5) is 37.5. The van der Waals surface area contributed by atoms with Crippen molar-refractivity contribution in [1.82, 2.24) is 10.2 Å². The third-order valence-electron chi connectivity index (χ3n) is 3.27. The Hall–Kier alpha value is -2.77. The molecule has 1 aliphatic rings. The number of nitrogens with one attached hydrogen (secondary N) is 1. The molecule has 0 unspecified atom stereocenters. The molecule has 0 aromatic heterocycles. The minimum Gasteiger partial charge on any atom is -0.497 e. The molecule has 0 radical (unpaired) electrons. The molecule has 118 valence electrons. The molecule has 1 aromatic rings. The second kappa shape index (κ2) is 6.79. The molecule has 8 nitrogen and oxygen atoms in total. The third-order valence-corrected chi connectivity index (χ3v) is 3.27. The molecule has 0 atom stereocenters. The van der Waals surface area contributed by atoms with Crippen molar-refractivity contribution in [2.75, 3.05) is 38.2 Å². The Balaban J connectivity index is 1.94. The van der Waals surface area contributed by atoms with Gasteiger partial charge in [-0.05, 0) is 24.3 Å². The normalized spacial score (nSPS) is 14.1. The van der Waals surface area contributed by atoms with Crippen LogP contribution in [0.15, 0.2) is 24.3 Å². The molecule has 0 bridgehead atoms. The average Bonchev–Trinajstić information content (AvgIpc) is 2.86. The second-order valence-corrected chi connectivity index (χ2v) is 4.80. The maximum Gasteiger partial charge on any atom is 0.325 e. The van der Waals surface area contributed by atoms with E-state index in [1.165, 1.54) is 4.90 Å². The molecule has 1 aliphatic heterocycles. The Bertz CT molecular complexity index is 573. The predicted octanol–water partition coefficient (Wildman–Crippen LogP) is -0.461. The van der Waals surface area contributed by atoms with Gasteiger partial charge >= 0.3 is 6.03 Å². The fourth-order valence-corrected chi connectivity index (χ4v) is 2.15. The molecule has 1 aromatic carbocycles. The van der Waals surface area contributed by atoms with Gasteiger partial charge in [-0.3, -0.25) is 14.5 Å². The lowest BCUT2D eigenvalue weighted by Gasteiger charge is -2.18. The van der Waals surface area contributed by atoms with Gasteiger partial charge in [0.25, 0.3) is 0 Å². The largest absolute Gasteiger partial charge is 0.497 e. The van der Waals surface area contributed by atoms with Gasteiger partial charge in [-0.2, -0.15) is 0 Å². The lowest BCUT2D eigenvalue weighted by Crippen LogP contribution is -2.42. The van der Waals surface area contributed by atoms with E-state index < -0.39 is 11.8 Å². The van der Waals surface area contributed by atoms with Crippen LogP contribution in [0, 0.1) is 0 Å². The summed E-state index contributed by atoms with van der Waals surface area (Å²) in [6.45, 7) is 0.602. The lowest BCUT2D eigenvalue weighted by atomic mass is 10.3. The summed E-state index contributed by atoms with van der Waals surface area (Å²) in [6, 6.07) is 6.86. The van der Waals surface area contributed by atoms with Crippen molar-refractivity contribution in [1.29, 1.82) is 0 Å². The summed E-state index contributed by atoms with van der Waals surface area (Å²) in [7, 11) is 1.57. The van der Waals surface area contributed by atoms with Crippen LogP contribution in [0.1, 0.15) is 0 Å². The minimum atomic E-state index is -0.624. The zero-order valence-electron chi connectivity index (χ0n) is 12.2. The van der Waals surface area contributed by atoms with Gasteiger partial charge in [0.05, 0.1) is 13.7 Å². The Morgan fingerprint density at radius 2 is 1.95 bits per heavy atom. The second-order valence-electron chi connectivity index (χ2n) is 4.80. The quantitative estimate of drug-likeness (QED) is 0.742. The van der Waals surface area contributed by atoms with Crippen LogP contribution in [0.3, 0.4) is 0 Å². The highest BCUT2D eigenvalue weighted by Crippen LogP contribution is 2.22. The number of hydrogen-bond donors (Lipinski definition) is 2. The van der Waals surface area contributed by atoms with E-state index in [9.17, 15) is 14.4 Å². The van der Waals surface area contributed by atoms with Crippen LogP contribution in [0.2, 0.25) is 0 Å². The van der Waals surface area contributed by atoms with Crippen molar-refractivity contribution in [3.63, 3.8) is 0 Å². The van der Waals surface area contributed by atoms with Crippen molar-refractivity contribution in [2.45, 2.75) is 0 Å². The molecule has 1 fully saturated rings. The summed E-state index contributed by atoms with van der Waals surface area (Å²) in [5.41, 5.74) is 5.69. The minimum absolute atomic E-state index is 0.0984. The number of rotatable bonds is 6. The maximum atomic E-state index is 12.3. The van der Waals surface area contributed by atoms with Gasteiger partial charge in [0.15, 0.2) is 0 Å². The van der Waals surface area contributed by atoms with Crippen LogP contribution < -0.4 is 20.7 Å². The highest BCUT2D eigenvalue weighted by Gasteiger charge is 2.30. The van der Waals surface area contributed by atoms with Gasteiger partial charge in [0.2, 0.25) is 11.8 Å². The molecule has 1 saturated heterocycles. The van der Waals surface area contributed by atoms with Gasteiger partial charge in [-0.1, -0.05) is 0 Å². The number of benzene rings is 1. The van der Waals surface area contributed by atoms with Crippen molar-refractivity contribution in [3.8, 4) is 5.75 Å². The van der Waals surface area contributed by atoms with Gasteiger partial charge in [0, 0.05) is 18.8 Å². The molecule has 8 heteroatoms. The van der Waals surface area contributed by atoms with E-state index in [0.717, 1.165) is 5.69 Å². The first-order valence-electron chi connectivity index (χ1n) is 6.76. The Morgan fingerprint density at radius 1 is 1.27 bits per heavy atom. The van der Waals surface area contributed by atoms with Crippen LogP contribution >= 0.6 is 0 Å². The summed E-state index contributed by atoms with van der Waals surface area (Å²) in [5, 5.41) is 2.36. The van der Waals surface area contributed by atoms with Crippen molar-refractivity contribution >= 4 is 23.5 Å². The first-order chi connectivity index (χ1) is 10.5. The number of amides is 4. The van der Waals surface area contributed by atoms with E-state index in [2.05, 4.69) is 5.32 Å². The van der Waals surface area contributed by atoms with E-state index in [4.69, 9.17) is 10.5 Å². The zero-order valence-corrected chi connectivity index (χ0v) is 12.2. The zero-order chi connectivity index (χ0) is 16.1. The van der Waals surface area contributed by atoms with Gasteiger partial charge < -0.3 is 20.7 Å². The first-order valence-corrected chi connectivity index (χ1v) is 6.76. The number of nitrogens with two attached hydrogens (primary N) is 1. The van der Waals surface area contributed by atoms with E-state index >= 15 is 0 Å². The summed E-state index contributed by atoms with van der Waals surface area (Å²) >= 11 is 0. The molecule has 2 rings (SSSR count). The number of ether oxygens (including phenoxy) is 1. The SMILES string of the molecule is COc1ccc(N2CCN(CC(=O)NCC(N)=O)C2=O)cc1. The van der Waals surface area contributed by atoms with Crippen molar-refractivity contribution < 1.29 is 19.1 Å². The Morgan fingerprint density at radius 3 is 2.55 bits per heavy atom. The first kappa shape index (κ1) is 15.6. The highest BCUT2D eigenvalue weighted by molar-refractivity contribution is 5.96. The van der Waals surface area contributed by atoms with Gasteiger partial charge in [-0.25, -0.2) is 4.79 Å². The van der Waals surface area contributed by atoms with Crippen molar-refractivity contribution in [3.05, 3.63) is 24.3 Å². The fraction of sp³-hybridized carbons (Fsp3) is 0.357.